The molecule has 2 nitrogen and oxygen atoms in total. The molecule has 0 N–H and O–H groups in total. The first kappa shape index (κ1) is 12.6. The van der Waals surface area contributed by atoms with Gasteiger partial charge in [0.1, 0.15) is 5.75 Å². The van der Waals surface area contributed by atoms with E-state index < -0.39 is 0 Å². The number of hydrogen-bond donors (Lipinski definition) is 0. The van der Waals surface area contributed by atoms with Gasteiger partial charge in [0.2, 0.25) is 0 Å². The van der Waals surface area contributed by atoms with Gasteiger partial charge in [0.05, 0.1) is 20.3 Å². The lowest BCUT2D eigenvalue weighted by molar-refractivity contribution is 0.109. The van der Waals surface area contributed by atoms with E-state index in [1.165, 1.54) is 4.88 Å². The molecule has 0 saturated heterocycles. The quantitative estimate of drug-likeness (QED) is 0.822. The van der Waals surface area contributed by atoms with E-state index in [4.69, 9.17) is 9.47 Å². The fraction of sp³-hybridized carbons (Fsp3) is 0.231. The third kappa shape index (κ3) is 3.84. The molecule has 0 aliphatic rings. The number of ether oxygens (including phenoxy) is 2. The van der Waals surface area contributed by atoms with Crippen molar-refractivity contribution < 1.29 is 9.47 Å². The number of hydrogen-bond acceptors (Lipinski definition) is 3. The molecule has 2 aromatic rings. The molecule has 1 heterocycles. The van der Waals surface area contributed by atoms with Crippen molar-refractivity contribution >= 4 is 27.3 Å². The fourth-order valence-electron chi connectivity index (χ4n) is 1.46. The maximum absolute atomic E-state index is 5.65. The molecular weight excluding hydrogens is 300 g/mol. The van der Waals surface area contributed by atoms with Crippen LogP contribution in [0.3, 0.4) is 0 Å². The van der Waals surface area contributed by atoms with Crippen LogP contribution in [0.2, 0.25) is 0 Å². The maximum Gasteiger partial charge on any atom is 0.119 e. The van der Waals surface area contributed by atoms with Crippen molar-refractivity contribution in [1.82, 2.24) is 0 Å². The van der Waals surface area contributed by atoms with Crippen LogP contribution in [0.25, 0.3) is 0 Å². The Hall–Kier alpha value is -0.840. The lowest BCUT2D eigenvalue weighted by Crippen LogP contribution is -1.93. The summed E-state index contributed by atoms with van der Waals surface area (Å²) < 4.78 is 11.9. The van der Waals surface area contributed by atoms with Gasteiger partial charge in [0, 0.05) is 14.7 Å². The Morgan fingerprint density at radius 2 is 2.12 bits per heavy atom. The summed E-state index contributed by atoms with van der Waals surface area (Å²) in [5.74, 6) is 0.866. The summed E-state index contributed by atoms with van der Waals surface area (Å²) in [6, 6.07) is 10.0. The second-order valence-corrected chi connectivity index (χ2v) is 5.49. The van der Waals surface area contributed by atoms with Gasteiger partial charge in [-0.25, -0.2) is 0 Å². The van der Waals surface area contributed by atoms with Gasteiger partial charge in [0.15, 0.2) is 0 Å². The first-order valence-electron chi connectivity index (χ1n) is 5.21. The van der Waals surface area contributed by atoms with Gasteiger partial charge < -0.3 is 9.47 Å². The molecule has 0 fully saturated rings. The van der Waals surface area contributed by atoms with E-state index in [9.17, 15) is 0 Å². The van der Waals surface area contributed by atoms with Crippen LogP contribution in [0.5, 0.6) is 5.75 Å². The van der Waals surface area contributed by atoms with Crippen LogP contribution in [0.4, 0.5) is 0 Å². The van der Waals surface area contributed by atoms with Crippen molar-refractivity contribution in [3.05, 3.63) is 50.6 Å². The zero-order chi connectivity index (χ0) is 12.1. The summed E-state index contributed by atoms with van der Waals surface area (Å²) in [7, 11) is 1.67. The Labute approximate surface area is 113 Å². The second kappa shape index (κ2) is 6.19. The largest absolute Gasteiger partial charge is 0.497 e. The van der Waals surface area contributed by atoms with E-state index >= 15 is 0 Å². The Balaban J connectivity index is 1.85. The standard InChI is InChI=1S/C13H13BrO2S/c1-15-12-4-2-3-10(5-12)7-16-8-13-6-11(14)9-17-13/h2-6,9H,7-8H2,1H3. The van der Waals surface area contributed by atoms with Gasteiger partial charge in [-0.3, -0.25) is 0 Å². The number of benzene rings is 1. The van der Waals surface area contributed by atoms with Crippen LogP contribution in [0.1, 0.15) is 10.4 Å². The molecule has 4 heteroatoms. The van der Waals surface area contributed by atoms with E-state index in [0.29, 0.717) is 13.2 Å². The van der Waals surface area contributed by atoms with Crippen LogP contribution in [-0.4, -0.2) is 7.11 Å². The monoisotopic (exact) mass is 312 g/mol. The third-order valence-corrected chi connectivity index (χ3v) is 3.94. The Kier molecular flexibility index (Phi) is 4.59. The van der Waals surface area contributed by atoms with Gasteiger partial charge in [-0.05, 0) is 39.7 Å². The zero-order valence-electron chi connectivity index (χ0n) is 9.48. The SMILES string of the molecule is COc1cccc(COCc2cc(Br)cs2)c1. The van der Waals surface area contributed by atoms with Crippen LogP contribution >= 0.6 is 27.3 Å². The van der Waals surface area contributed by atoms with E-state index in [0.717, 1.165) is 15.8 Å². The van der Waals surface area contributed by atoms with Gasteiger partial charge in [0.25, 0.3) is 0 Å². The summed E-state index contributed by atoms with van der Waals surface area (Å²) in [5, 5.41) is 2.06. The van der Waals surface area contributed by atoms with E-state index in [1.807, 2.05) is 24.3 Å². The molecule has 0 unspecified atom stereocenters. The minimum absolute atomic E-state index is 0.604. The van der Waals surface area contributed by atoms with E-state index in [-0.39, 0.29) is 0 Å². The lowest BCUT2D eigenvalue weighted by Gasteiger charge is -2.05. The number of methoxy groups -OCH3 is 1. The summed E-state index contributed by atoms with van der Waals surface area (Å²) >= 11 is 5.12. The van der Waals surface area contributed by atoms with Crippen molar-refractivity contribution in [1.29, 1.82) is 0 Å². The molecule has 90 valence electrons. The Morgan fingerprint density at radius 3 is 2.82 bits per heavy atom. The molecule has 0 amide bonds. The van der Waals surface area contributed by atoms with Crippen LogP contribution in [0.15, 0.2) is 40.2 Å². The molecule has 0 saturated carbocycles. The molecule has 0 spiro atoms. The Bertz CT molecular complexity index is 482. The highest BCUT2D eigenvalue weighted by molar-refractivity contribution is 9.10. The van der Waals surface area contributed by atoms with Gasteiger partial charge in [-0.2, -0.15) is 0 Å². The minimum Gasteiger partial charge on any atom is -0.497 e. The summed E-state index contributed by atoms with van der Waals surface area (Å²) in [6.45, 7) is 1.25. The van der Waals surface area contributed by atoms with E-state index in [2.05, 4.69) is 27.4 Å². The molecule has 2 rings (SSSR count). The predicted octanol–water partition coefficient (Wildman–Crippen LogP) is 4.24. The predicted molar refractivity (Wildman–Crippen MR) is 73.5 cm³/mol. The first-order chi connectivity index (χ1) is 8.28. The summed E-state index contributed by atoms with van der Waals surface area (Å²) in [5.41, 5.74) is 1.12. The zero-order valence-corrected chi connectivity index (χ0v) is 11.9. The van der Waals surface area contributed by atoms with Gasteiger partial charge in [-0.1, -0.05) is 12.1 Å². The molecule has 0 atom stereocenters. The summed E-state index contributed by atoms with van der Waals surface area (Å²) in [6.07, 6.45) is 0. The van der Waals surface area contributed by atoms with Crippen molar-refractivity contribution in [2.45, 2.75) is 13.2 Å². The molecule has 0 aliphatic heterocycles. The fourth-order valence-corrected chi connectivity index (χ4v) is 2.85. The minimum atomic E-state index is 0.604. The Morgan fingerprint density at radius 1 is 1.24 bits per heavy atom. The van der Waals surface area contributed by atoms with Crippen molar-refractivity contribution in [2.24, 2.45) is 0 Å². The topological polar surface area (TPSA) is 18.5 Å². The molecular formula is C13H13BrO2S. The second-order valence-electron chi connectivity index (χ2n) is 3.58. The molecule has 1 aromatic carbocycles. The molecule has 0 bridgehead atoms. The third-order valence-electron chi connectivity index (χ3n) is 2.27. The molecule has 17 heavy (non-hydrogen) atoms. The molecule has 0 radical (unpaired) electrons. The smallest absolute Gasteiger partial charge is 0.119 e. The first-order valence-corrected chi connectivity index (χ1v) is 6.89. The van der Waals surface area contributed by atoms with Crippen LogP contribution in [-0.2, 0) is 18.0 Å². The molecule has 0 aliphatic carbocycles. The number of halogens is 1. The van der Waals surface area contributed by atoms with Crippen molar-refractivity contribution in [3.8, 4) is 5.75 Å². The van der Waals surface area contributed by atoms with Gasteiger partial charge >= 0.3 is 0 Å². The maximum atomic E-state index is 5.65. The van der Waals surface area contributed by atoms with Crippen molar-refractivity contribution in [3.63, 3.8) is 0 Å². The highest BCUT2D eigenvalue weighted by Gasteiger charge is 1.99. The highest BCUT2D eigenvalue weighted by atomic mass is 79.9. The van der Waals surface area contributed by atoms with Crippen LogP contribution in [0, 0.1) is 0 Å². The normalized spacial score (nSPS) is 10.5. The average molecular weight is 313 g/mol. The summed E-state index contributed by atoms with van der Waals surface area (Å²) in [4.78, 5) is 1.22. The lowest BCUT2D eigenvalue weighted by atomic mass is 10.2. The van der Waals surface area contributed by atoms with E-state index in [1.54, 1.807) is 18.4 Å². The highest BCUT2D eigenvalue weighted by Crippen LogP contribution is 2.21. The molecule has 1 aromatic heterocycles. The number of rotatable bonds is 5. The van der Waals surface area contributed by atoms with Crippen molar-refractivity contribution in [2.75, 3.05) is 7.11 Å². The van der Waals surface area contributed by atoms with Crippen LogP contribution < -0.4 is 4.74 Å². The van der Waals surface area contributed by atoms with Gasteiger partial charge in [-0.15, -0.1) is 11.3 Å². The average Bonchev–Trinajstić information content (AvgIpc) is 2.75. The number of thiophene rings is 1.